The Balaban J connectivity index is 1.69. The molecule has 0 aliphatic heterocycles. The van der Waals surface area contributed by atoms with Gasteiger partial charge in [-0.1, -0.05) is 6.07 Å². The predicted octanol–water partition coefficient (Wildman–Crippen LogP) is 1.84. The number of nitrogens with one attached hydrogen (secondary N) is 1. The minimum atomic E-state index is -3.49. The molecule has 2 aromatic rings. The van der Waals surface area contributed by atoms with Crippen molar-refractivity contribution in [1.82, 2.24) is 0 Å². The van der Waals surface area contributed by atoms with Gasteiger partial charge < -0.3 is 15.8 Å². The largest absolute Gasteiger partial charge is 0.452 e. The van der Waals surface area contributed by atoms with E-state index in [-0.39, 0.29) is 10.5 Å². The molecule has 1 aliphatic rings. The van der Waals surface area contributed by atoms with Gasteiger partial charge in [-0.2, -0.15) is 0 Å². The lowest BCUT2D eigenvalue weighted by molar-refractivity contribution is -0.119. The zero-order valence-electron chi connectivity index (χ0n) is 15.9. The number of hydrogen-bond acceptors (Lipinski definition) is 7. The Morgan fingerprint density at radius 1 is 1.24 bits per heavy atom. The van der Waals surface area contributed by atoms with E-state index in [0.29, 0.717) is 16.1 Å². The molecule has 1 heterocycles. The summed E-state index contributed by atoms with van der Waals surface area (Å²) in [5, 5.41) is 2.94. The molecule has 0 spiro atoms. The van der Waals surface area contributed by atoms with Crippen molar-refractivity contribution in [1.29, 1.82) is 0 Å². The lowest BCUT2D eigenvalue weighted by Crippen LogP contribution is -2.23. The topological polar surface area (TPSA) is 133 Å². The quantitative estimate of drug-likeness (QED) is 0.664. The van der Waals surface area contributed by atoms with Gasteiger partial charge in [-0.05, 0) is 49.4 Å². The summed E-state index contributed by atoms with van der Waals surface area (Å²) in [4.78, 5) is 37.3. The van der Waals surface area contributed by atoms with Gasteiger partial charge in [-0.15, -0.1) is 11.3 Å². The van der Waals surface area contributed by atoms with Crippen molar-refractivity contribution in [2.75, 3.05) is 18.2 Å². The summed E-state index contributed by atoms with van der Waals surface area (Å²) in [6.45, 7) is 1.05. The van der Waals surface area contributed by atoms with Crippen molar-refractivity contribution in [3.63, 3.8) is 0 Å². The Morgan fingerprint density at radius 2 is 1.97 bits per heavy atom. The van der Waals surface area contributed by atoms with Crippen LogP contribution in [0.1, 0.15) is 43.1 Å². The molecule has 29 heavy (non-hydrogen) atoms. The normalized spacial score (nSPS) is 13.0. The molecule has 0 atom stereocenters. The number of aryl methyl sites for hydroxylation is 2. The first-order chi connectivity index (χ1) is 13.6. The molecule has 0 unspecified atom stereocenters. The van der Waals surface area contributed by atoms with E-state index in [2.05, 4.69) is 5.32 Å². The summed E-state index contributed by atoms with van der Waals surface area (Å²) in [6, 6.07) is 4.12. The second-order valence-electron chi connectivity index (χ2n) is 6.80. The number of benzene rings is 1. The van der Waals surface area contributed by atoms with Gasteiger partial charge in [0, 0.05) is 11.1 Å². The molecule has 0 radical (unpaired) electrons. The molecule has 3 N–H and O–H groups in total. The molecule has 0 saturated carbocycles. The second-order valence-corrected chi connectivity index (χ2v) is 9.92. The number of sulfone groups is 1. The van der Waals surface area contributed by atoms with Crippen molar-refractivity contribution in [3.05, 3.63) is 45.3 Å². The summed E-state index contributed by atoms with van der Waals surface area (Å²) >= 11 is 1.30. The Labute approximate surface area is 172 Å². The van der Waals surface area contributed by atoms with Crippen molar-refractivity contribution >= 4 is 44.0 Å². The van der Waals surface area contributed by atoms with Crippen LogP contribution in [0.4, 0.5) is 5.00 Å². The van der Waals surface area contributed by atoms with Crippen molar-refractivity contribution < 1.29 is 27.5 Å². The first-order valence-electron chi connectivity index (χ1n) is 8.80. The molecule has 154 valence electrons. The number of ether oxygens (including phenoxy) is 1. The summed E-state index contributed by atoms with van der Waals surface area (Å²) in [7, 11) is -3.49. The summed E-state index contributed by atoms with van der Waals surface area (Å²) in [5.41, 5.74) is 7.24. The van der Waals surface area contributed by atoms with E-state index >= 15 is 0 Å². The SMILES string of the molecule is Cc1ccc(S(C)(=O)=O)cc1C(=O)OCC(=O)Nc1sc2c(c1C(N)=O)CCC2. The molecule has 2 amide bonds. The van der Waals surface area contributed by atoms with Gasteiger partial charge >= 0.3 is 5.97 Å². The molecule has 1 aromatic carbocycles. The van der Waals surface area contributed by atoms with E-state index in [1.54, 1.807) is 6.92 Å². The maximum Gasteiger partial charge on any atom is 0.338 e. The van der Waals surface area contributed by atoms with E-state index in [1.807, 2.05) is 0 Å². The Kier molecular flexibility index (Phi) is 5.76. The van der Waals surface area contributed by atoms with Gasteiger partial charge in [-0.3, -0.25) is 9.59 Å². The fraction of sp³-hybridized carbons (Fsp3) is 0.316. The van der Waals surface area contributed by atoms with Crippen LogP contribution in [0.25, 0.3) is 0 Å². The highest BCUT2D eigenvalue weighted by molar-refractivity contribution is 7.90. The highest BCUT2D eigenvalue weighted by Gasteiger charge is 2.26. The van der Waals surface area contributed by atoms with Gasteiger partial charge in [0.15, 0.2) is 16.4 Å². The number of fused-ring (bicyclic) bond motifs is 1. The summed E-state index contributed by atoms with van der Waals surface area (Å²) in [5.74, 6) is -2.03. The Hall–Kier alpha value is -2.72. The number of anilines is 1. The Morgan fingerprint density at radius 3 is 2.62 bits per heavy atom. The fourth-order valence-electron chi connectivity index (χ4n) is 3.18. The third-order valence-corrected chi connectivity index (χ3v) is 6.93. The monoisotopic (exact) mass is 436 g/mol. The summed E-state index contributed by atoms with van der Waals surface area (Å²) < 4.78 is 28.4. The first-order valence-corrected chi connectivity index (χ1v) is 11.5. The van der Waals surface area contributed by atoms with Gasteiger partial charge in [0.1, 0.15) is 5.00 Å². The molecule has 8 nitrogen and oxygen atoms in total. The molecule has 0 saturated heterocycles. The molecule has 1 aromatic heterocycles. The Bertz CT molecular complexity index is 1120. The van der Waals surface area contributed by atoms with Crippen molar-refractivity contribution in [3.8, 4) is 0 Å². The lowest BCUT2D eigenvalue weighted by Gasteiger charge is -2.09. The van der Waals surface area contributed by atoms with E-state index in [0.717, 1.165) is 36.0 Å². The molecule has 0 bridgehead atoms. The molecule has 3 rings (SSSR count). The van der Waals surface area contributed by atoms with E-state index in [4.69, 9.17) is 10.5 Å². The van der Waals surface area contributed by atoms with E-state index in [9.17, 15) is 22.8 Å². The van der Waals surface area contributed by atoms with Crippen molar-refractivity contribution in [2.24, 2.45) is 5.73 Å². The smallest absolute Gasteiger partial charge is 0.338 e. The van der Waals surface area contributed by atoms with Crippen molar-refractivity contribution in [2.45, 2.75) is 31.1 Å². The third kappa shape index (κ3) is 4.48. The number of carbonyl (C=O) groups is 3. The number of hydrogen-bond donors (Lipinski definition) is 2. The third-order valence-electron chi connectivity index (χ3n) is 4.61. The van der Waals surface area contributed by atoms with Gasteiger partial charge in [0.25, 0.3) is 11.8 Å². The zero-order chi connectivity index (χ0) is 21.3. The van der Waals surface area contributed by atoms with Gasteiger partial charge in [-0.25, -0.2) is 13.2 Å². The van der Waals surface area contributed by atoms with Crippen LogP contribution in [-0.4, -0.2) is 39.1 Å². The maximum absolute atomic E-state index is 12.3. The average Bonchev–Trinajstić information content (AvgIpc) is 3.19. The highest BCUT2D eigenvalue weighted by atomic mass is 32.2. The number of thiophene rings is 1. The molecular weight excluding hydrogens is 416 g/mol. The number of amides is 2. The van der Waals surface area contributed by atoms with Crippen LogP contribution in [0.2, 0.25) is 0 Å². The van der Waals surface area contributed by atoms with Crippen LogP contribution in [0.5, 0.6) is 0 Å². The van der Waals surface area contributed by atoms with E-state index < -0.39 is 34.2 Å². The predicted molar refractivity (Wildman–Crippen MR) is 108 cm³/mol. The second kappa shape index (κ2) is 7.96. The summed E-state index contributed by atoms with van der Waals surface area (Å²) in [6.07, 6.45) is 3.56. The van der Waals surface area contributed by atoms with Crippen LogP contribution in [0.3, 0.4) is 0 Å². The van der Waals surface area contributed by atoms with Crippen LogP contribution in [0.15, 0.2) is 23.1 Å². The van der Waals surface area contributed by atoms with Gasteiger partial charge in [0.05, 0.1) is 16.0 Å². The average molecular weight is 437 g/mol. The molecule has 0 fully saturated rings. The highest BCUT2D eigenvalue weighted by Crippen LogP contribution is 2.38. The fourth-order valence-corrected chi connectivity index (χ4v) is 5.13. The first kappa shape index (κ1) is 21.0. The lowest BCUT2D eigenvalue weighted by atomic mass is 10.1. The van der Waals surface area contributed by atoms with Gasteiger partial charge in [0.2, 0.25) is 0 Å². The minimum Gasteiger partial charge on any atom is -0.452 e. The molecular formula is C19H20N2O6S2. The number of esters is 1. The van der Waals surface area contributed by atoms with Crippen LogP contribution in [-0.2, 0) is 32.2 Å². The number of primary amides is 1. The maximum atomic E-state index is 12.3. The van der Waals surface area contributed by atoms with Crippen LogP contribution >= 0.6 is 11.3 Å². The minimum absolute atomic E-state index is 0.0151. The number of carbonyl (C=O) groups excluding carboxylic acids is 3. The van der Waals surface area contributed by atoms with E-state index in [1.165, 1.54) is 29.5 Å². The number of nitrogens with two attached hydrogens (primary N) is 1. The zero-order valence-corrected chi connectivity index (χ0v) is 17.5. The molecule has 10 heteroatoms. The standard InChI is InChI=1S/C19H20N2O6S2/c1-10-6-7-11(29(2,25)26)8-13(10)19(24)27-9-15(22)21-18-16(17(20)23)12-4-3-5-14(12)28-18/h6-8H,3-5,9H2,1-2H3,(H2,20,23)(H,21,22). The van der Waals surface area contributed by atoms with Crippen LogP contribution < -0.4 is 11.1 Å². The van der Waals surface area contributed by atoms with Crippen LogP contribution in [0, 0.1) is 6.92 Å². The number of rotatable bonds is 6. The molecule has 1 aliphatic carbocycles.